The molecule has 0 saturated heterocycles. The summed E-state index contributed by atoms with van der Waals surface area (Å²) in [6, 6.07) is 45.7. The Hall–Kier alpha value is -6.30. The Kier molecular flexibility index (Phi) is 4.68. The van der Waals surface area contributed by atoms with Gasteiger partial charge >= 0.3 is 0 Å². The van der Waals surface area contributed by atoms with Crippen LogP contribution in [0.3, 0.4) is 0 Å². The SMILES string of the molecule is N#Cc1ccc2oc3ccc(-n4c5ccccc5c5cc(-n6c7ccccc7c7c(C#N)cccc76)ccc54)cc3c2c1. The number of hydrogen-bond donors (Lipinski definition) is 0. The van der Waals surface area contributed by atoms with E-state index in [2.05, 4.69) is 94.1 Å². The summed E-state index contributed by atoms with van der Waals surface area (Å²) in [6.45, 7) is 0. The fraction of sp³-hybridized carbons (Fsp3) is 0. The molecule has 5 nitrogen and oxygen atoms in total. The number of furan rings is 1. The summed E-state index contributed by atoms with van der Waals surface area (Å²) in [5.74, 6) is 0. The molecular weight excluding hydrogens is 528 g/mol. The summed E-state index contributed by atoms with van der Waals surface area (Å²) in [7, 11) is 0. The van der Waals surface area contributed by atoms with E-state index in [9.17, 15) is 10.5 Å². The average molecular weight is 549 g/mol. The van der Waals surface area contributed by atoms with Gasteiger partial charge in [0.2, 0.25) is 0 Å². The van der Waals surface area contributed by atoms with Gasteiger partial charge in [0.25, 0.3) is 0 Å². The van der Waals surface area contributed by atoms with Crippen LogP contribution in [0.1, 0.15) is 11.1 Å². The molecule has 0 atom stereocenters. The van der Waals surface area contributed by atoms with Gasteiger partial charge in [0.15, 0.2) is 0 Å². The van der Waals surface area contributed by atoms with Crippen LogP contribution in [0.5, 0.6) is 0 Å². The molecule has 9 rings (SSSR count). The summed E-state index contributed by atoms with van der Waals surface area (Å²) in [5.41, 5.74) is 9.18. The van der Waals surface area contributed by atoms with E-state index in [1.165, 1.54) is 0 Å². The van der Waals surface area contributed by atoms with Gasteiger partial charge in [-0.25, -0.2) is 0 Å². The minimum atomic E-state index is 0.608. The number of nitrogens with zero attached hydrogens (tertiary/aromatic N) is 4. The van der Waals surface area contributed by atoms with Crippen LogP contribution < -0.4 is 0 Å². The van der Waals surface area contributed by atoms with E-state index in [1.54, 1.807) is 6.07 Å². The third kappa shape index (κ3) is 3.19. The van der Waals surface area contributed by atoms with E-state index in [0.717, 1.165) is 76.9 Å². The van der Waals surface area contributed by atoms with Gasteiger partial charge in [-0.15, -0.1) is 0 Å². The van der Waals surface area contributed by atoms with Crippen molar-refractivity contribution in [3.8, 4) is 23.5 Å². The van der Waals surface area contributed by atoms with Crippen molar-refractivity contribution < 1.29 is 4.42 Å². The predicted molar refractivity (Wildman–Crippen MR) is 172 cm³/mol. The van der Waals surface area contributed by atoms with E-state index < -0.39 is 0 Å². The lowest BCUT2D eigenvalue weighted by molar-refractivity contribution is 0.669. The van der Waals surface area contributed by atoms with E-state index in [-0.39, 0.29) is 0 Å². The van der Waals surface area contributed by atoms with Crippen LogP contribution in [0.15, 0.2) is 126 Å². The van der Waals surface area contributed by atoms with Gasteiger partial charge in [0, 0.05) is 43.7 Å². The Labute approximate surface area is 245 Å². The molecule has 3 aromatic heterocycles. The predicted octanol–water partition coefficient (Wildman–Crippen LogP) is 9.52. The van der Waals surface area contributed by atoms with Crippen molar-refractivity contribution in [2.75, 3.05) is 0 Å². The fourth-order valence-electron chi connectivity index (χ4n) is 6.74. The van der Waals surface area contributed by atoms with Crippen molar-refractivity contribution >= 4 is 65.6 Å². The molecule has 0 amide bonds. The van der Waals surface area contributed by atoms with Crippen LogP contribution in [0, 0.1) is 22.7 Å². The molecule has 198 valence electrons. The van der Waals surface area contributed by atoms with Crippen LogP contribution in [0.4, 0.5) is 0 Å². The highest BCUT2D eigenvalue weighted by Crippen LogP contribution is 2.39. The molecule has 0 spiro atoms. The van der Waals surface area contributed by atoms with E-state index in [0.29, 0.717) is 11.1 Å². The lowest BCUT2D eigenvalue weighted by Crippen LogP contribution is -1.96. The summed E-state index contributed by atoms with van der Waals surface area (Å²) < 4.78 is 10.7. The quantitative estimate of drug-likeness (QED) is 0.216. The van der Waals surface area contributed by atoms with Crippen molar-refractivity contribution in [2.45, 2.75) is 0 Å². The fourth-order valence-corrected chi connectivity index (χ4v) is 6.74. The Balaban J connectivity index is 1.33. The van der Waals surface area contributed by atoms with Gasteiger partial charge in [-0.3, -0.25) is 0 Å². The zero-order valence-corrected chi connectivity index (χ0v) is 22.7. The molecule has 3 heterocycles. The van der Waals surface area contributed by atoms with Crippen molar-refractivity contribution in [1.29, 1.82) is 10.5 Å². The maximum Gasteiger partial charge on any atom is 0.135 e. The van der Waals surface area contributed by atoms with Crippen molar-refractivity contribution in [3.05, 3.63) is 132 Å². The highest BCUT2D eigenvalue weighted by molar-refractivity contribution is 6.14. The van der Waals surface area contributed by atoms with Crippen LogP contribution in [-0.4, -0.2) is 9.13 Å². The third-order valence-corrected chi connectivity index (χ3v) is 8.57. The zero-order valence-electron chi connectivity index (χ0n) is 22.7. The van der Waals surface area contributed by atoms with Crippen LogP contribution in [0.2, 0.25) is 0 Å². The Morgan fingerprint density at radius 3 is 1.86 bits per heavy atom. The molecule has 0 bridgehead atoms. The average Bonchev–Trinajstić information content (AvgIpc) is 3.71. The number of hydrogen-bond acceptors (Lipinski definition) is 3. The monoisotopic (exact) mass is 548 g/mol. The molecule has 6 aromatic carbocycles. The molecule has 0 aliphatic carbocycles. The van der Waals surface area contributed by atoms with Gasteiger partial charge in [-0.05, 0) is 78.9 Å². The number of nitriles is 2. The topological polar surface area (TPSA) is 70.6 Å². The van der Waals surface area contributed by atoms with Crippen molar-refractivity contribution in [3.63, 3.8) is 0 Å². The van der Waals surface area contributed by atoms with E-state index in [1.807, 2.05) is 42.5 Å². The van der Waals surface area contributed by atoms with Crippen LogP contribution in [-0.2, 0) is 0 Å². The number of fused-ring (bicyclic) bond motifs is 9. The summed E-state index contributed by atoms with van der Waals surface area (Å²) in [5, 5.41) is 25.6. The first-order chi connectivity index (χ1) is 21.2. The molecular formula is C38H20N4O. The van der Waals surface area contributed by atoms with Gasteiger partial charge in [-0.1, -0.05) is 42.5 Å². The van der Waals surface area contributed by atoms with Crippen molar-refractivity contribution in [1.82, 2.24) is 9.13 Å². The zero-order chi connectivity index (χ0) is 28.7. The van der Waals surface area contributed by atoms with Gasteiger partial charge < -0.3 is 13.6 Å². The molecule has 9 aromatic rings. The first kappa shape index (κ1) is 23.4. The second-order valence-electron chi connectivity index (χ2n) is 10.8. The number of aromatic nitrogens is 2. The Morgan fingerprint density at radius 2 is 1.07 bits per heavy atom. The molecule has 0 N–H and O–H groups in total. The number of para-hydroxylation sites is 2. The maximum atomic E-state index is 9.90. The largest absolute Gasteiger partial charge is 0.456 e. The first-order valence-electron chi connectivity index (χ1n) is 14.1. The molecule has 0 aliphatic heterocycles. The normalized spacial score (nSPS) is 11.7. The summed E-state index contributed by atoms with van der Waals surface area (Å²) in [4.78, 5) is 0. The molecule has 5 heteroatoms. The Morgan fingerprint density at radius 1 is 0.465 bits per heavy atom. The highest BCUT2D eigenvalue weighted by Gasteiger charge is 2.18. The van der Waals surface area contributed by atoms with Gasteiger partial charge in [0.1, 0.15) is 11.2 Å². The minimum Gasteiger partial charge on any atom is -0.456 e. The lowest BCUT2D eigenvalue weighted by atomic mass is 10.1. The van der Waals surface area contributed by atoms with E-state index >= 15 is 0 Å². The van der Waals surface area contributed by atoms with Crippen LogP contribution >= 0.6 is 0 Å². The highest BCUT2D eigenvalue weighted by atomic mass is 16.3. The van der Waals surface area contributed by atoms with Crippen molar-refractivity contribution in [2.24, 2.45) is 0 Å². The molecule has 0 fully saturated rings. The number of benzene rings is 6. The molecule has 0 aliphatic rings. The number of rotatable bonds is 2. The molecule has 0 saturated carbocycles. The smallest absolute Gasteiger partial charge is 0.135 e. The second-order valence-corrected chi connectivity index (χ2v) is 10.8. The van der Waals surface area contributed by atoms with Gasteiger partial charge in [-0.2, -0.15) is 10.5 Å². The summed E-state index contributed by atoms with van der Waals surface area (Å²) in [6.07, 6.45) is 0. The standard InChI is InChI=1S/C38H20N4O/c39-21-23-12-16-36-30(18-23)31-20-26(14-17-37(31)43-36)41-32-9-3-1-7-27(32)29-19-25(13-15-34(29)41)42-33-10-4-2-8-28(33)38-24(22-40)6-5-11-35(38)42/h1-20H. The second kappa shape index (κ2) is 8.60. The Bertz CT molecular complexity index is 2710. The lowest BCUT2D eigenvalue weighted by Gasteiger charge is -2.10. The van der Waals surface area contributed by atoms with Gasteiger partial charge in [0.05, 0.1) is 45.3 Å². The first-order valence-corrected chi connectivity index (χ1v) is 14.1. The molecule has 43 heavy (non-hydrogen) atoms. The van der Waals surface area contributed by atoms with E-state index in [4.69, 9.17) is 4.42 Å². The third-order valence-electron chi connectivity index (χ3n) is 8.57. The molecule has 0 unspecified atom stereocenters. The minimum absolute atomic E-state index is 0.608. The maximum absolute atomic E-state index is 9.90. The van der Waals surface area contributed by atoms with Crippen LogP contribution in [0.25, 0.3) is 76.9 Å². The molecule has 0 radical (unpaired) electrons. The summed E-state index contributed by atoms with van der Waals surface area (Å²) >= 11 is 0.